The number of thiazole rings is 8. The Bertz CT molecular complexity index is 8170. The van der Waals surface area contributed by atoms with Crippen molar-refractivity contribution in [3.63, 3.8) is 0 Å². The van der Waals surface area contributed by atoms with E-state index in [-0.39, 0.29) is 28.7 Å². The lowest BCUT2D eigenvalue weighted by atomic mass is 9.81. The maximum absolute atomic E-state index is 12.8. The number of hydrogen-bond acceptors (Lipinski definition) is 38. The second-order valence-electron chi connectivity index (χ2n) is 34.6. The van der Waals surface area contributed by atoms with Gasteiger partial charge in [0.15, 0.2) is 58.7 Å². The number of hydrogen-bond donors (Lipinski definition) is 8. The van der Waals surface area contributed by atoms with Gasteiger partial charge in [0, 0.05) is 55.6 Å². The number of carbonyl (C=O) groups is 8. The van der Waals surface area contributed by atoms with E-state index < -0.39 is 94.3 Å². The van der Waals surface area contributed by atoms with Gasteiger partial charge < -0.3 is 71.6 Å². The Hall–Kier alpha value is -15.3. The summed E-state index contributed by atoms with van der Waals surface area (Å²) in [6, 6.07) is 39.2. The van der Waals surface area contributed by atoms with Crippen molar-refractivity contribution in [1.82, 2.24) is 55.3 Å². The van der Waals surface area contributed by atoms with E-state index in [0.717, 1.165) is 27.8 Å². The van der Waals surface area contributed by atoms with Crippen LogP contribution in [-0.2, 0) is 74.0 Å². The molecule has 4 unspecified atom stereocenters. The van der Waals surface area contributed by atoms with E-state index in [0.29, 0.717) is 220 Å². The SMILES string of the molecule is CC(OC(=O)Nc1c(C#Cc2nc3sc(C4(C(=O)O)CC4)nc3s2)oc2ccccc12)c1ccccc1Cl.Cc1ccccc1C(C)OC(=O)Nc1c(C)noc1C#Cc1nc2sc(C3(C(=O)O)CCOCC3)nc2s1.Cc1ccccc1C(C)OC(=O)Nc1cnoc1C#Cc1nc2sc(C3(C(=O)O)CCOCC3)nc2s1.Cc1noc(C#Cc2nc3sc(C4(C(=O)O)CCOCC4)nc3s2)c1NC(=O)OC(C)c1ccccc1. The maximum atomic E-state index is 12.8. The average Bonchev–Trinajstić information content (AvgIpc) is 1.58. The minimum atomic E-state index is -1.04. The van der Waals surface area contributed by atoms with Crippen LogP contribution in [0.2, 0.25) is 5.02 Å². The Morgan fingerprint density at radius 3 is 1.07 bits per heavy atom. The summed E-state index contributed by atoms with van der Waals surface area (Å²) in [5, 5.41) is 66.8. The van der Waals surface area contributed by atoms with Crippen LogP contribution in [-0.4, -0.2) is 164 Å². The minimum Gasteiger partial charge on any atom is -0.481 e. The van der Waals surface area contributed by atoms with Gasteiger partial charge in [0.1, 0.15) is 106 Å². The molecule has 3 aliphatic heterocycles. The number of halogens is 1. The first kappa shape index (κ1) is 105. The van der Waals surface area contributed by atoms with Crippen LogP contribution >= 0.6 is 102 Å². The molecule has 3 saturated heterocycles. The molecule has 5 aromatic carbocycles. The number of fused-ring (bicyclic) bond motifs is 5. The van der Waals surface area contributed by atoms with Gasteiger partial charge in [-0.15, -0.1) is 0 Å². The van der Waals surface area contributed by atoms with Gasteiger partial charge in [-0.3, -0.25) is 40.4 Å². The van der Waals surface area contributed by atoms with Crippen LogP contribution < -0.4 is 21.3 Å². The summed E-state index contributed by atoms with van der Waals surface area (Å²) < 4.78 is 59.8. The number of aromatic nitrogens is 11. The van der Waals surface area contributed by atoms with Crippen LogP contribution in [0.15, 0.2) is 152 Å². The predicted octanol–water partition coefficient (Wildman–Crippen LogP) is 22.0. The number of amides is 4. The summed E-state index contributed by atoms with van der Waals surface area (Å²) in [4.78, 5) is 139. The lowest BCUT2D eigenvalue weighted by Gasteiger charge is -2.30. The molecule has 766 valence electrons. The van der Waals surface area contributed by atoms with Crippen molar-refractivity contribution < 1.29 is 110 Å². The topological polar surface area (TPSA) is 525 Å². The molecule has 1 aliphatic carbocycles. The molecule has 38 nitrogen and oxygen atoms in total. The van der Waals surface area contributed by atoms with Crippen molar-refractivity contribution in [2.24, 2.45) is 0 Å². The zero-order valence-electron chi connectivity index (χ0n) is 80.5. The van der Waals surface area contributed by atoms with E-state index in [1.165, 1.54) is 96.9 Å². The van der Waals surface area contributed by atoms with Crippen LogP contribution in [0.5, 0.6) is 0 Å². The molecule has 15 heterocycles. The first-order valence-corrected chi connectivity index (χ1v) is 53.3. The molecular formula is C103H86ClN15O23S8. The van der Waals surface area contributed by atoms with Gasteiger partial charge in [0.05, 0.1) is 6.20 Å². The number of anilines is 4. The molecule has 4 fully saturated rings. The lowest BCUT2D eigenvalue weighted by Crippen LogP contribution is -2.41. The number of aryl methyl sites for hydroxylation is 4. The number of carboxylic acid groups (broad SMARTS) is 4. The third kappa shape index (κ3) is 23.1. The quantitative estimate of drug-likeness (QED) is 0.0259. The number of nitrogens with one attached hydrogen (secondary N) is 4. The molecule has 47 heteroatoms. The Balaban J connectivity index is 0.000000130. The van der Waals surface area contributed by atoms with E-state index >= 15 is 0 Å². The van der Waals surface area contributed by atoms with E-state index in [2.05, 4.69) is 124 Å². The number of aliphatic carboxylic acids is 4. The van der Waals surface area contributed by atoms with Crippen molar-refractivity contribution in [1.29, 1.82) is 0 Å². The van der Waals surface area contributed by atoms with Crippen molar-refractivity contribution in [2.75, 3.05) is 60.9 Å². The van der Waals surface area contributed by atoms with Gasteiger partial charge in [-0.25, -0.2) is 59.0 Å². The number of carboxylic acids is 4. The highest BCUT2D eigenvalue weighted by molar-refractivity contribution is 7.28. The summed E-state index contributed by atoms with van der Waals surface area (Å²) >= 11 is 16.4. The number of rotatable bonds is 20. The number of nitrogens with zero attached hydrogens (tertiary/aromatic N) is 11. The average molecular weight is 2190 g/mol. The standard InChI is InChI=1S/C27H18ClN3O5S2.C26H24N4O6S2.2C25H22N4O6S2/c1-14(15-6-2-4-8-17(15)28)35-26(34)30-21-16-7-3-5-9-18(16)36-19(21)10-11-20-29-22-23(37-20)31-24(38-22)27(12-13-27)25(32)33;1-14-6-4-5-7-17(14)16(3)35-25(33)28-20-15(2)30-36-18(20)8-9-19-27-21-22(37-19)29-23(38-21)26(24(31)32)10-12-34-13-11-26;1-14-5-3-4-6-16(14)15(2)34-24(32)27-17-13-26-35-18(17)7-8-19-28-20-21(36-19)29-22(37-20)25(23(30)31)9-11-33-12-10-25;1-14-19(27-24(32)34-15(2)16-6-4-3-5-7-16)17(35-29-14)8-9-18-26-20-21(36-18)28-22(37-20)25(23(30)31)10-12-33-13-11-25/h2-9,14H,12-13H2,1H3,(H,30,34)(H,32,33);4-7,16H,10-13H2,1-3H3,(H,28,33)(H,31,32);3-6,13,15H,9-12H2,1-2H3,(H,27,32)(H,30,31);3-7,15H,10-13H2,1-2H3,(H,27,32)(H,30,31). The van der Waals surface area contributed by atoms with E-state index in [1.807, 2.05) is 123 Å². The van der Waals surface area contributed by atoms with E-state index in [4.69, 9.17) is 62.7 Å². The van der Waals surface area contributed by atoms with Crippen LogP contribution in [0.4, 0.5) is 41.9 Å². The Labute approximate surface area is 889 Å². The fourth-order valence-corrected chi connectivity index (χ4v) is 25.2. The fraction of sp³-hybridized carbons (Fsp3) is 0.291. The van der Waals surface area contributed by atoms with Gasteiger partial charge in [-0.2, -0.15) is 0 Å². The van der Waals surface area contributed by atoms with Crippen LogP contribution in [0, 0.1) is 75.1 Å². The molecule has 8 N–H and O–H groups in total. The molecule has 17 aromatic rings. The van der Waals surface area contributed by atoms with Crippen LogP contribution in [0.1, 0.15) is 211 Å². The Morgan fingerprint density at radius 2 is 0.680 bits per heavy atom. The highest BCUT2D eigenvalue weighted by Gasteiger charge is 2.55. The Kier molecular flexibility index (Phi) is 31.7. The van der Waals surface area contributed by atoms with Crippen molar-refractivity contribution in [3.05, 3.63) is 246 Å². The summed E-state index contributed by atoms with van der Waals surface area (Å²) in [5.74, 6) is 20.5. The zero-order chi connectivity index (χ0) is 105. The molecule has 4 atom stereocenters. The van der Waals surface area contributed by atoms with Gasteiger partial charge in [-0.05, 0) is 200 Å². The fourth-order valence-electron chi connectivity index (χ4n) is 16.3. The highest BCUT2D eigenvalue weighted by Crippen LogP contribution is 2.52. The monoisotopic (exact) mass is 2190 g/mol. The highest BCUT2D eigenvalue weighted by atomic mass is 35.5. The van der Waals surface area contributed by atoms with Crippen molar-refractivity contribution in [2.45, 2.75) is 153 Å². The van der Waals surface area contributed by atoms with E-state index in [1.54, 1.807) is 59.7 Å². The molecule has 150 heavy (non-hydrogen) atoms. The normalized spacial score (nSPS) is 15.3. The largest absolute Gasteiger partial charge is 0.481 e. The van der Waals surface area contributed by atoms with Gasteiger partial charge in [0.25, 0.3) is 0 Å². The molecule has 12 aromatic heterocycles. The summed E-state index contributed by atoms with van der Waals surface area (Å²) in [5.41, 5.74) is 4.22. The van der Waals surface area contributed by atoms with Crippen molar-refractivity contribution >= 4 is 223 Å². The molecule has 0 spiro atoms. The maximum Gasteiger partial charge on any atom is 0.412 e. The van der Waals surface area contributed by atoms with Gasteiger partial charge >= 0.3 is 48.3 Å². The molecule has 0 bridgehead atoms. The van der Waals surface area contributed by atoms with Gasteiger partial charge in [-0.1, -0.05) is 227 Å². The zero-order valence-corrected chi connectivity index (χ0v) is 87.8. The first-order valence-electron chi connectivity index (χ1n) is 46.4. The third-order valence-corrected chi connectivity index (χ3v) is 33.8. The molecule has 21 rings (SSSR count). The predicted molar refractivity (Wildman–Crippen MR) is 561 cm³/mol. The number of furan rings is 1. The smallest absolute Gasteiger partial charge is 0.412 e. The molecular weight excluding hydrogens is 2110 g/mol. The number of para-hydroxylation sites is 1. The van der Waals surface area contributed by atoms with Crippen LogP contribution in [0.3, 0.4) is 0 Å². The minimum absolute atomic E-state index is 0.153. The molecule has 0 radical (unpaired) electrons. The second kappa shape index (κ2) is 45.4. The lowest BCUT2D eigenvalue weighted by molar-refractivity contribution is -0.148. The third-order valence-electron chi connectivity index (χ3n) is 24.9. The molecule has 1 saturated carbocycles. The summed E-state index contributed by atoms with van der Waals surface area (Å²) in [7, 11) is 0. The number of ether oxygens (including phenoxy) is 7. The molecule has 4 aliphatic rings. The summed E-state index contributed by atoms with van der Waals surface area (Å²) in [6.45, 7) is 16.7. The van der Waals surface area contributed by atoms with E-state index in [9.17, 15) is 58.8 Å². The second-order valence-corrected chi connectivity index (χ2v) is 42.9. The first-order chi connectivity index (χ1) is 72.3. The molecule has 4 amide bonds. The number of benzene rings is 5. The van der Waals surface area contributed by atoms with Crippen LogP contribution in [0.25, 0.3) is 49.6 Å². The number of carbonyl (C=O) groups excluding carboxylic acids is 4. The van der Waals surface area contributed by atoms with Gasteiger partial charge in [0.2, 0.25) is 23.0 Å². The van der Waals surface area contributed by atoms with Crippen molar-refractivity contribution in [3.8, 4) is 47.4 Å². The Morgan fingerprint density at radius 1 is 0.353 bits per heavy atom. The summed E-state index contributed by atoms with van der Waals surface area (Å²) in [6.07, 6.45) is 0.242.